The number of hydrogen-bond acceptors (Lipinski definition) is 2. The van der Waals surface area contributed by atoms with Crippen molar-refractivity contribution >= 4 is 16.9 Å². The van der Waals surface area contributed by atoms with E-state index in [0.717, 1.165) is 12.8 Å². The van der Waals surface area contributed by atoms with Crippen LogP contribution in [0.5, 0.6) is 0 Å². The van der Waals surface area contributed by atoms with Gasteiger partial charge in [0.25, 0.3) is 0 Å². The summed E-state index contributed by atoms with van der Waals surface area (Å²) in [6.45, 7) is 2.25. The molecule has 0 fully saturated rings. The average molecular weight is 230 g/mol. The number of carbonyl (C=O) groups excluding carboxylic acids is 1. The van der Waals surface area contributed by atoms with Gasteiger partial charge in [0.2, 0.25) is 0 Å². The normalized spacial score (nSPS) is 10.5. The van der Waals surface area contributed by atoms with Crippen LogP contribution < -0.4 is 0 Å². The summed E-state index contributed by atoms with van der Waals surface area (Å²) in [7, 11) is 0. The lowest BCUT2D eigenvalue weighted by Gasteiger charge is -2.01. The molecule has 0 saturated carbocycles. The Morgan fingerprint density at radius 3 is 1.80 bits per heavy atom. The lowest BCUT2D eigenvalue weighted by Crippen LogP contribution is -1.89. The molecule has 0 bridgehead atoms. The molecule has 0 aromatic heterocycles. The fraction of sp³-hybridized carbons (Fsp3) is 0.923. The summed E-state index contributed by atoms with van der Waals surface area (Å²) in [6.07, 6.45) is 14.6. The third kappa shape index (κ3) is 11.9. The molecule has 15 heavy (non-hydrogen) atoms. The molecule has 0 N–H and O–H groups in total. The van der Waals surface area contributed by atoms with Gasteiger partial charge in [-0.15, -0.1) is 0 Å². The van der Waals surface area contributed by atoms with Crippen LogP contribution in [0.25, 0.3) is 0 Å². The van der Waals surface area contributed by atoms with Crippen molar-refractivity contribution < 1.29 is 4.79 Å². The van der Waals surface area contributed by atoms with Crippen molar-refractivity contribution in [2.45, 2.75) is 71.1 Å². The molecule has 0 unspecified atom stereocenters. The van der Waals surface area contributed by atoms with Gasteiger partial charge in [-0.05, 0) is 12.7 Å². The molecule has 2 heteroatoms. The van der Waals surface area contributed by atoms with Crippen LogP contribution >= 0.6 is 11.8 Å². The first-order valence-corrected chi connectivity index (χ1v) is 7.60. The highest BCUT2D eigenvalue weighted by molar-refractivity contribution is 8.13. The minimum atomic E-state index is 0.345. The number of carbonyl (C=O) groups is 1. The largest absolute Gasteiger partial charge is 0.287 e. The summed E-state index contributed by atoms with van der Waals surface area (Å²) in [4.78, 5) is 11.0. The highest BCUT2D eigenvalue weighted by atomic mass is 32.2. The van der Waals surface area contributed by atoms with Gasteiger partial charge in [0.05, 0.1) is 0 Å². The summed E-state index contributed by atoms with van der Waals surface area (Å²) >= 11 is 1.36. The number of unbranched alkanes of at least 4 members (excludes halogenated alkanes) is 8. The summed E-state index contributed by atoms with van der Waals surface area (Å²) in [5.74, 6) is 0. The maximum atomic E-state index is 11.0. The monoisotopic (exact) mass is 230 g/mol. The fourth-order valence-corrected chi connectivity index (χ4v) is 2.03. The highest BCUT2D eigenvalue weighted by Crippen LogP contribution is 2.11. The zero-order valence-electron chi connectivity index (χ0n) is 10.4. The molecule has 0 aromatic rings. The Morgan fingerprint density at radius 1 is 0.867 bits per heavy atom. The molecule has 0 saturated heterocycles. The topological polar surface area (TPSA) is 17.1 Å². The van der Waals surface area contributed by atoms with Crippen molar-refractivity contribution in [3.05, 3.63) is 0 Å². The summed E-state index contributed by atoms with van der Waals surface area (Å²) in [5.41, 5.74) is 0. The molecule has 0 atom stereocenters. The van der Waals surface area contributed by atoms with E-state index in [1.807, 2.05) is 6.26 Å². The molecule has 0 heterocycles. The Hall–Kier alpha value is 0.0200. The van der Waals surface area contributed by atoms with Crippen LogP contribution in [0.3, 0.4) is 0 Å². The Bertz CT molecular complexity index is 145. The van der Waals surface area contributed by atoms with Crippen LogP contribution in [0.1, 0.15) is 71.1 Å². The Kier molecular flexibility index (Phi) is 12.1. The van der Waals surface area contributed by atoms with Gasteiger partial charge in [0.15, 0.2) is 5.12 Å². The first kappa shape index (κ1) is 15.0. The van der Waals surface area contributed by atoms with Gasteiger partial charge >= 0.3 is 0 Å². The van der Waals surface area contributed by atoms with E-state index in [4.69, 9.17) is 0 Å². The van der Waals surface area contributed by atoms with Gasteiger partial charge < -0.3 is 0 Å². The van der Waals surface area contributed by atoms with E-state index in [9.17, 15) is 4.79 Å². The first-order chi connectivity index (χ1) is 7.31. The Balaban J connectivity index is 2.95. The van der Waals surface area contributed by atoms with Gasteiger partial charge in [-0.1, -0.05) is 70.1 Å². The lowest BCUT2D eigenvalue weighted by molar-refractivity contribution is -0.111. The van der Waals surface area contributed by atoms with E-state index in [-0.39, 0.29) is 0 Å². The minimum absolute atomic E-state index is 0.345. The molecule has 0 radical (unpaired) electrons. The van der Waals surface area contributed by atoms with Crippen molar-refractivity contribution in [1.29, 1.82) is 0 Å². The molecule has 0 aromatic carbocycles. The minimum Gasteiger partial charge on any atom is -0.287 e. The van der Waals surface area contributed by atoms with Crippen LogP contribution in [0.2, 0.25) is 0 Å². The molecule has 0 aliphatic rings. The predicted molar refractivity (Wildman–Crippen MR) is 70.4 cm³/mol. The van der Waals surface area contributed by atoms with Gasteiger partial charge in [-0.3, -0.25) is 4.79 Å². The highest BCUT2D eigenvalue weighted by Gasteiger charge is 1.98. The van der Waals surface area contributed by atoms with Gasteiger partial charge in [0.1, 0.15) is 0 Å². The van der Waals surface area contributed by atoms with Crippen molar-refractivity contribution in [1.82, 2.24) is 0 Å². The zero-order valence-corrected chi connectivity index (χ0v) is 11.2. The maximum absolute atomic E-state index is 11.0. The summed E-state index contributed by atoms with van der Waals surface area (Å²) in [6, 6.07) is 0. The average Bonchev–Trinajstić information content (AvgIpc) is 2.26. The number of rotatable bonds is 10. The molecule has 0 aliphatic carbocycles. The predicted octanol–water partition coefficient (Wildman–Crippen LogP) is 4.80. The van der Waals surface area contributed by atoms with Gasteiger partial charge in [0, 0.05) is 6.42 Å². The quantitative estimate of drug-likeness (QED) is 0.502. The van der Waals surface area contributed by atoms with E-state index >= 15 is 0 Å². The molecule has 1 nitrogen and oxygen atoms in total. The van der Waals surface area contributed by atoms with Crippen LogP contribution in [0.4, 0.5) is 0 Å². The second-order valence-electron chi connectivity index (χ2n) is 4.15. The van der Waals surface area contributed by atoms with Gasteiger partial charge in [-0.25, -0.2) is 0 Å². The van der Waals surface area contributed by atoms with E-state index in [0.29, 0.717) is 5.12 Å². The zero-order chi connectivity index (χ0) is 11.4. The van der Waals surface area contributed by atoms with E-state index in [1.165, 1.54) is 63.1 Å². The van der Waals surface area contributed by atoms with Crippen LogP contribution in [-0.4, -0.2) is 11.4 Å². The number of hydrogen-bond donors (Lipinski definition) is 0. The lowest BCUT2D eigenvalue weighted by atomic mass is 10.1. The molecule has 0 amide bonds. The van der Waals surface area contributed by atoms with Crippen molar-refractivity contribution in [3.63, 3.8) is 0 Å². The van der Waals surface area contributed by atoms with Crippen LogP contribution in [-0.2, 0) is 4.79 Å². The SMILES string of the molecule is CCCCCCCCCCCC(=O)SC. The second kappa shape index (κ2) is 12.1. The third-order valence-electron chi connectivity index (χ3n) is 2.71. The molecular weight excluding hydrogens is 204 g/mol. The van der Waals surface area contributed by atoms with Crippen molar-refractivity contribution in [2.24, 2.45) is 0 Å². The first-order valence-electron chi connectivity index (χ1n) is 6.38. The maximum Gasteiger partial charge on any atom is 0.188 e. The van der Waals surface area contributed by atoms with Crippen LogP contribution in [0.15, 0.2) is 0 Å². The molecule has 0 aliphatic heterocycles. The van der Waals surface area contributed by atoms with Crippen molar-refractivity contribution in [3.8, 4) is 0 Å². The van der Waals surface area contributed by atoms with E-state index < -0.39 is 0 Å². The van der Waals surface area contributed by atoms with E-state index in [2.05, 4.69) is 6.92 Å². The van der Waals surface area contributed by atoms with E-state index in [1.54, 1.807) is 0 Å². The standard InChI is InChI=1S/C13H26OS/c1-3-4-5-6-7-8-9-10-11-12-13(14)15-2/h3-12H2,1-2H3. The second-order valence-corrected chi connectivity index (χ2v) is 5.02. The summed E-state index contributed by atoms with van der Waals surface area (Å²) in [5, 5.41) is 0.345. The molecule has 0 spiro atoms. The fourth-order valence-electron chi connectivity index (χ4n) is 1.68. The molecule has 90 valence electrons. The van der Waals surface area contributed by atoms with Crippen molar-refractivity contribution in [2.75, 3.05) is 6.26 Å². The van der Waals surface area contributed by atoms with Crippen LogP contribution in [0, 0.1) is 0 Å². The van der Waals surface area contributed by atoms with Gasteiger partial charge in [-0.2, -0.15) is 0 Å². The summed E-state index contributed by atoms with van der Waals surface area (Å²) < 4.78 is 0. The smallest absolute Gasteiger partial charge is 0.188 e. The molecular formula is C13H26OS. The third-order valence-corrected chi connectivity index (χ3v) is 3.37. The number of thioether (sulfide) groups is 1. The Labute approximate surface area is 99.4 Å². The Morgan fingerprint density at radius 2 is 1.33 bits per heavy atom. The molecule has 0 rings (SSSR count).